The normalized spacial score (nSPS) is 16.6. The number of rotatable bonds is 6. The van der Waals surface area contributed by atoms with E-state index in [1.54, 1.807) is 7.05 Å². The summed E-state index contributed by atoms with van der Waals surface area (Å²) in [6.07, 6.45) is 9.72. The molecule has 20 heavy (non-hydrogen) atoms. The highest BCUT2D eigenvalue weighted by Crippen LogP contribution is 2.27. The molecule has 1 atom stereocenters. The molecule has 0 saturated heterocycles. The van der Waals surface area contributed by atoms with Crippen molar-refractivity contribution in [3.05, 3.63) is 0 Å². The van der Waals surface area contributed by atoms with E-state index in [1.807, 2.05) is 13.8 Å². The number of hydrogen-bond acceptors (Lipinski definition) is 2. The van der Waals surface area contributed by atoms with Crippen LogP contribution in [0, 0.1) is 5.92 Å². The quantitative estimate of drug-likeness (QED) is 0.786. The van der Waals surface area contributed by atoms with Gasteiger partial charge in [-0.3, -0.25) is 9.59 Å². The van der Waals surface area contributed by atoms with Crippen molar-refractivity contribution < 1.29 is 12.4 Å². The van der Waals surface area contributed by atoms with Gasteiger partial charge in [-0.25, -0.2) is 0 Å². The number of amides is 2. The summed E-state index contributed by atoms with van der Waals surface area (Å²) >= 11 is 0. The summed E-state index contributed by atoms with van der Waals surface area (Å²) in [5.41, 5.74) is 0. The largest absolute Gasteiger partial charge is 0.357 e. The van der Waals surface area contributed by atoms with Gasteiger partial charge in [-0.2, -0.15) is 0 Å². The van der Waals surface area contributed by atoms with Crippen molar-refractivity contribution >= 4 is 11.8 Å². The lowest BCUT2D eigenvalue weighted by Crippen LogP contribution is -2.44. The zero-order valence-corrected chi connectivity index (χ0v) is 13.6. The first-order valence-electron chi connectivity index (χ1n) is 8.12. The third-order valence-electron chi connectivity index (χ3n) is 3.77. The summed E-state index contributed by atoms with van der Waals surface area (Å²) in [6, 6.07) is -0.365. The van der Waals surface area contributed by atoms with E-state index in [4.69, 9.17) is 0 Å². The van der Waals surface area contributed by atoms with Gasteiger partial charge < -0.3 is 10.6 Å². The van der Waals surface area contributed by atoms with E-state index in [-0.39, 0.29) is 20.7 Å². The first-order valence-corrected chi connectivity index (χ1v) is 8.12. The molecule has 0 aromatic rings. The summed E-state index contributed by atoms with van der Waals surface area (Å²) in [6.45, 7) is 5.46. The van der Waals surface area contributed by atoms with Crippen molar-refractivity contribution in [2.75, 3.05) is 7.05 Å². The lowest BCUT2D eigenvalue weighted by molar-refractivity contribution is -0.127. The lowest BCUT2D eigenvalue weighted by Gasteiger charge is -2.22. The third-order valence-corrected chi connectivity index (χ3v) is 3.77. The van der Waals surface area contributed by atoms with Gasteiger partial charge in [0, 0.05) is 16.8 Å². The summed E-state index contributed by atoms with van der Waals surface area (Å²) < 4.78 is 0. The molecule has 122 valence electrons. The smallest absolute Gasteiger partial charge is 0.242 e. The maximum absolute atomic E-state index is 11.6. The van der Waals surface area contributed by atoms with E-state index >= 15 is 0 Å². The first kappa shape index (κ1) is 18.9. The molecule has 4 heteroatoms. The van der Waals surface area contributed by atoms with Gasteiger partial charge in [0.2, 0.25) is 11.8 Å². The van der Waals surface area contributed by atoms with Crippen LogP contribution in [0.5, 0.6) is 0 Å². The van der Waals surface area contributed by atoms with Crippen LogP contribution in [0.2, 0.25) is 0 Å². The Hall–Kier alpha value is -1.06. The van der Waals surface area contributed by atoms with Crippen LogP contribution in [0.1, 0.15) is 75.0 Å². The maximum atomic E-state index is 11.6. The monoisotopic (exact) mass is 288 g/mol. The zero-order chi connectivity index (χ0) is 15.4. The van der Waals surface area contributed by atoms with Gasteiger partial charge in [0.25, 0.3) is 0 Å². The predicted molar refractivity (Wildman–Crippen MR) is 87.7 cm³/mol. The molecule has 1 aliphatic carbocycles. The van der Waals surface area contributed by atoms with Gasteiger partial charge in [-0.1, -0.05) is 58.8 Å². The Bertz CT molecular complexity index is 283. The molecule has 0 aromatic carbocycles. The van der Waals surface area contributed by atoms with Gasteiger partial charge in [-0.15, -0.1) is 0 Å². The number of nitrogens with one attached hydrogen (secondary N) is 2. The molecule has 0 bridgehead atoms. The minimum absolute atomic E-state index is 0. The van der Waals surface area contributed by atoms with Crippen LogP contribution in [-0.4, -0.2) is 24.9 Å². The van der Waals surface area contributed by atoms with Gasteiger partial charge >= 0.3 is 0 Å². The second kappa shape index (κ2) is 11.7. The summed E-state index contributed by atoms with van der Waals surface area (Å²) in [4.78, 5) is 22.7. The molecule has 0 spiro atoms. The molecule has 0 radical (unpaired) electrons. The molecule has 1 rings (SSSR count). The van der Waals surface area contributed by atoms with E-state index < -0.39 is 0 Å². The number of likely N-dealkylation sites (N-methyl/N-ethyl adjacent to an activating group) is 1. The van der Waals surface area contributed by atoms with E-state index in [9.17, 15) is 9.59 Å². The highest BCUT2D eigenvalue weighted by molar-refractivity contribution is 5.86. The molecular formula is C16H36N2O2. The summed E-state index contributed by atoms with van der Waals surface area (Å²) in [5.74, 6) is 0.608. The van der Waals surface area contributed by atoms with Crippen molar-refractivity contribution in [1.29, 1.82) is 0 Å². The predicted octanol–water partition coefficient (Wildman–Crippen LogP) is 3.51. The average molecular weight is 288 g/mol. The highest BCUT2D eigenvalue weighted by Gasteiger charge is 2.19. The Labute approximate surface area is 127 Å². The Balaban J connectivity index is -0.000000864. The second-order valence-electron chi connectivity index (χ2n) is 5.30. The van der Waals surface area contributed by atoms with Crippen LogP contribution in [0.25, 0.3) is 0 Å². The molecule has 0 aliphatic heterocycles. The van der Waals surface area contributed by atoms with Crippen LogP contribution < -0.4 is 10.6 Å². The van der Waals surface area contributed by atoms with Crippen molar-refractivity contribution in [2.45, 2.75) is 78.2 Å². The molecule has 1 fully saturated rings. The van der Waals surface area contributed by atoms with Crippen LogP contribution in [-0.2, 0) is 9.59 Å². The Kier molecular flexibility index (Phi) is 11.1. The van der Waals surface area contributed by atoms with Crippen LogP contribution in [0.3, 0.4) is 0 Å². The summed E-state index contributed by atoms with van der Waals surface area (Å²) in [5, 5.41) is 5.32. The highest BCUT2D eigenvalue weighted by atomic mass is 16.2. The number of carbonyl (C=O) groups is 2. The zero-order valence-electron chi connectivity index (χ0n) is 13.6. The summed E-state index contributed by atoms with van der Waals surface area (Å²) in [7, 11) is 1.61. The van der Waals surface area contributed by atoms with Crippen molar-refractivity contribution in [3.8, 4) is 0 Å². The van der Waals surface area contributed by atoms with Gasteiger partial charge in [0.05, 0.1) is 0 Å². The lowest BCUT2D eigenvalue weighted by atomic mass is 9.85. The van der Waals surface area contributed by atoms with E-state index in [0.717, 1.165) is 18.8 Å². The fourth-order valence-electron chi connectivity index (χ4n) is 2.77. The molecule has 1 unspecified atom stereocenters. The van der Waals surface area contributed by atoms with Crippen molar-refractivity contribution in [1.82, 2.24) is 10.6 Å². The van der Waals surface area contributed by atoms with Gasteiger partial charge in [-0.05, 0) is 12.3 Å². The molecule has 1 saturated carbocycles. The van der Waals surface area contributed by atoms with Crippen molar-refractivity contribution in [3.63, 3.8) is 0 Å². The SMILES string of the molecule is CC.CNC(=O)C(CCCC1CCCCC1)NC(C)=O.[HH].[HH]. The topological polar surface area (TPSA) is 58.2 Å². The Morgan fingerprint density at radius 3 is 2.30 bits per heavy atom. The molecule has 4 nitrogen and oxygen atoms in total. The fraction of sp³-hybridized carbons (Fsp3) is 0.875. The fourth-order valence-corrected chi connectivity index (χ4v) is 2.77. The second-order valence-corrected chi connectivity index (χ2v) is 5.30. The van der Waals surface area contributed by atoms with Crippen LogP contribution in [0.4, 0.5) is 0 Å². The molecule has 2 amide bonds. The minimum atomic E-state index is -0.365. The minimum Gasteiger partial charge on any atom is -0.357 e. The molecule has 1 aliphatic rings. The Morgan fingerprint density at radius 1 is 1.20 bits per heavy atom. The van der Waals surface area contributed by atoms with Crippen LogP contribution in [0.15, 0.2) is 0 Å². The third kappa shape index (κ3) is 8.18. The Morgan fingerprint density at radius 2 is 1.80 bits per heavy atom. The van der Waals surface area contributed by atoms with Gasteiger partial charge in [0.15, 0.2) is 0 Å². The van der Waals surface area contributed by atoms with E-state index in [1.165, 1.54) is 45.4 Å². The standard InChI is InChI=1S/C14H26N2O2.C2H6.2H2/c1-11(17)16-13(14(18)15-2)10-6-9-12-7-4-3-5-8-12;1-2;;/h12-13H,3-10H2,1-2H3,(H,15,18)(H,16,17);1-2H3;2*1H. The van der Waals surface area contributed by atoms with Gasteiger partial charge in [0.1, 0.15) is 6.04 Å². The molecule has 2 N–H and O–H groups in total. The van der Waals surface area contributed by atoms with E-state index in [0.29, 0.717) is 0 Å². The average Bonchev–Trinajstić information content (AvgIpc) is 2.48. The van der Waals surface area contributed by atoms with E-state index in [2.05, 4.69) is 10.6 Å². The van der Waals surface area contributed by atoms with Crippen molar-refractivity contribution in [2.24, 2.45) is 5.92 Å². The molecule has 0 aromatic heterocycles. The number of hydrogen-bond donors (Lipinski definition) is 2. The molecule has 0 heterocycles. The molecular weight excluding hydrogens is 252 g/mol. The maximum Gasteiger partial charge on any atom is 0.242 e. The number of carbonyl (C=O) groups excluding carboxylic acids is 2. The first-order chi connectivity index (χ1) is 9.63. The van der Waals surface area contributed by atoms with Crippen LogP contribution >= 0.6 is 0 Å².